The molecule has 0 N–H and O–H groups in total. The standard InChI is InChI=1S/C11H21F4O4P/c1-3-5-7-17-20(16,18-8-6-4-2)19-9-11(14,15)10(12)13/h10H,3-9H2,1-2H3. The molecule has 9 heteroatoms. The molecule has 122 valence electrons. The first-order chi connectivity index (χ1) is 9.27. The second kappa shape index (κ2) is 9.71. The zero-order valence-electron chi connectivity index (χ0n) is 11.6. The summed E-state index contributed by atoms with van der Waals surface area (Å²) < 4.78 is 75.5. The number of alkyl halides is 4. The number of unbranched alkanes of at least 4 members (excludes halogenated alkanes) is 2. The third-order valence-electron chi connectivity index (χ3n) is 2.23. The van der Waals surface area contributed by atoms with Crippen molar-refractivity contribution in [3.05, 3.63) is 0 Å². The van der Waals surface area contributed by atoms with Gasteiger partial charge in [0.25, 0.3) is 0 Å². The number of hydrogen-bond acceptors (Lipinski definition) is 4. The van der Waals surface area contributed by atoms with Crippen LogP contribution in [-0.4, -0.2) is 32.2 Å². The summed E-state index contributed by atoms with van der Waals surface area (Å²) in [5, 5.41) is 0. The minimum Gasteiger partial charge on any atom is -0.287 e. The maximum atomic E-state index is 12.7. The number of phosphoric ester groups is 1. The van der Waals surface area contributed by atoms with Gasteiger partial charge in [0, 0.05) is 0 Å². The molecule has 0 aromatic heterocycles. The molecular formula is C11H21F4O4P. The Labute approximate surface area is 116 Å². The highest BCUT2D eigenvalue weighted by Gasteiger charge is 2.44. The van der Waals surface area contributed by atoms with Crippen LogP contribution in [0.25, 0.3) is 0 Å². The number of halogens is 4. The van der Waals surface area contributed by atoms with E-state index in [2.05, 4.69) is 4.52 Å². The largest absolute Gasteiger partial charge is 0.474 e. The smallest absolute Gasteiger partial charge is 0.287 e. The van der Waals surface area contributed by atoms with E-state index in [1.807, 2.05) is 13.8 Å². The van der Waals surface area contributed by atoms with Crippen LogP contribution in [0.3, 0.4) is 0 Å². The first-order valence-corrected chi connectivity index (χ1v) is 7.93. The zero-order chi connectivity index (χ0) is 15.6. The third kappa shape index (κ3) is 8.19. The van der Waals surface area contributed by atoms with Gasteiger partial charge in [-0.1, -0.05) is 26.7 Å². The van der Waals surface area contributed by atoms with Crippen molar-refractivity contribution >= 4 is 7.82 Å². The minimum atomic E-state index is -4.39. The van der Waals surface area contributed by atoms with Gasteiger partial charge in [0.2, 0.25) is 0 Å². The molecule has 0 amide bonds. The van der Waals surface area contributed by atoms with Crippen LogP contribution >= 0.6 is 7.82 Å². The summed E-state index contributed by atoms with van der Waals surface area (Å²) in [6.45, 7) is 1.95. The molecule has 0 heterocycles. The fraction of sp³-hybridized carbons (Fsp3) is 1.00. The molecule has 0 saturated carbocycles. The van der Waals surface area contributed by atoms with E-state index in [-0.39, 0.29) is 13.2 Å². The molecule has 0 radical (unpaired) electrons. The average Bonchev–Trinajstić information content (AvgIpc) is 2.37. The maximum absolute atomic E-state index is 12.7. The van der Waals surface area contributed by atoms with Crippen LogP contribution in [0, 0.1) is 0 Å². The molecule has 0 rings (SSSR count). The lowest BCUT2D eigenvalue weighted by molar-refractivity contribution is -0.152. The summed E-state index contributed by atoms with van der Waals surface area (Å²) in [6, 6.07) is 0. The molecule has 4 nitrogen and oxygen atoms in total. The van der Waals surface area contributed by atoms with Gasteiger partial charge in [-0.05, 0) is 12.8 Å². The Morgan fingerprint density at radius 3 is 1.80 bits per heavy atom. The van der Waals surface area contributed by atoms with Crippen molar-refractivity contribution in [2.75, 3.05) is 19.8 Å². The summed E-state index contributed by atoms with van der Waals surface area (Å²) in [5.41, 5.74) is 0. The Morgan fingerprint density at radius 1 is 1.00 bits per heavy atom. The van der Waals surface area contributed by atoms with Crippen LogP contribution < -0.4 is 0 Å². The summed E-state index contributed by atoms with van der Waals surface area (Å²) in [4.78, 5) is 0. The van der Waals surface area contributed by atoms with Gasteiger partial charge in [-0.2, -0.15) is 8.78 Å². The second-order valence-electron chi connectivity index (χ2n) is 4.16. The second-order valence-corrected chi connectivity index (χ2v) is 5.82. The SMILES string of the molecule is CCCCOP(=O)(OCCCC)OCC(F)(F)C(F)F. The predicted octanol–water partition coefficient (Wildman–Crippen LogP) is 4.64. The lowest BCUT2D eigenvalue weighted by Gasteiger charge is -2.21. The molecule has 0 bridgehead atoms. The average molecular weight is 324 g/mol. The summed E-state index contributed by atoms with van der Waals surface area (Å²) in [5.74, 6) is -4.39. The molecule has 0 saturated heterocycles. The molecule has 0 atom stereocenters. The number of hydrogen-bond donors (Lipinski definition) is 0. The molecule has 0 aromatic rings. The fourth-order valence-corrected chi connectivity index (χ4v) is 2.24. The maximum Gasteiger partial charge on any atom is 0.474 e. The number of phosphoric acid groups is 1. The normalized spacial score (nSPS) is 13.2. The van der Waals surface area contributed by atoms with Crippen molar-refractivity contribution in [1.82, 2.24) is 0 Å². The molecule has 0 aromatic carbocycles. The molecule has 0 fully saturated rings. The topological polar surface area (TPSA) is 44.8 Å². The Balaban J connectivity index is 4.47. The summed E-state index contributed by atoms with van der Waals surface area (Å²) in [7, 11) is -4.23. The Hall–Kier alpha value is -0.170. The highest BCUT2D eigenvalue weighted by Crippen LogP contribution is 2.50. The van der Waals surface area contributed by atoms with E-state index in [0.717, 1.165) is 12.8 Å². The molecule has 0 aliphatic heterocycles. The van der Waals surface area contributed by atoms with Crippen LogP contribution in [0.2, 0.25) is 0 Å². The van der Waals surface area contributed by atoms with Gasteiger partial charge in [0.05, 0.1) is 13.2 Å². The molecule has 0 spiro atoms. The van der Waals surface area contributed by atoms with E-state index in [9.17, 15) is 22.1 Å². The van der Waals surface area contributed by atoms with Crippen molar-refractivity contribution in [3.8, 4) is 0 Å². The summed E-state index contributed by atoms with van der Waals surface area (Å²) >= 11 is 0. The van der Waals surface area contributed by atoms with E-state index < -0.39 is 26.8 Å². The molecule has 20 heavy (non-hydrogen) atoms. The van der Waals surface area contributed by atoms with Gasteiger partial charge >= 0.3 is 20.2 Å². The lowest BCUT2D eigenvalue weighted by atomic mass is 10.4. The van der Waals surface area contributed by atoms with Gasteiger partial charge in [-0.3, -0.25) is 13.6 Å². The number of rotatable bonds is 12. The highest BCUT2D eigenvalue weighted by molar-refractivity contribution is 7.48. The van der Waals surface area contributed by atoms with Crippen molar-refractivity contribution in [2.45, 2.75) is 51.9 Å². The molecule has 0 unspecified atom stereocenters. The predicted molar refractivity (Wildman–Crippen MR) is 66.2 cm³/mol. The Morgan fingerprint density at radius 2 is 1.45 bits per heavy atom. The van der Waals surface area contributed by atoms with Crippen molar-refractivity contribution in [1.29, 1.82) is 0 Å². The zero-order valence-corrected chi connectivity index (χ0v) is 12.5. The molecule has 0 aliphatic rings. The summed E-state index contributed by atoms with van der Waals surface area (Å²) in [6.07, 6.45) is -1.40. The van der Waals surface area contributed by atoms with Crippen LogP contribution in [0.1, 0.15) is 39.5 Å². The van der Waals surface area contributed by atoms with Crippen molar-refractivity contribution in [3.63, 3.8) is 0 Å². The van der Waals surface area contributed by atoms with Crippen LogP contribution in [0.5, 0.6) is 0 Å². The van der Waals surface area contributed by atoms with Crippen molar-refractivity contribution < 1.29 is 35.7 Å². The quantitative estimate of drug-likeness (QED) is 0.298. The van der Waals surface area contributed by atoms with Crippen molar-refractivity contribution in [2.24, 2.45) is 0 Å². The van der Waals surface area contributed by atoms with E-state index in [1.165, 1.54) is 0 Å². The highest BCUT2D eigenvalue weighted by atomic mass is 31.2. The van der Waals surface area contributed by atoms with Gasteiger partial charge in [0.1, 0.15) is 6.61 Å². The van der Waals surface area contributed by atoms with Gasteiger partial charge in [-0.25, -0.2) is 13.3 Å². The first kappa shape index (κ1) is 19.8. The van der Waals surface area contributed by atoms with Crippen LogP contribution in [-0.2, 0) is 18.1 Å². The van der Waals surface area contributed by atoms with E-state index >= 15 is 0 Å². The Kier molecular flexibility index (Phi) is 9.63. The van der Waals surface area contributed by atoms with E-state index in [1.54, 1.807) is 0 Å². The Bertz CT molecular complexity index is 288. The van der Waals surface area contributed by atoms with E-state index in [4.69, 9.17) is 9.05 Å². The molecular weight excluding hydrogens is 303 g/mol. The lowest BCUT2D eigenvalue weighted by Crippen LogP contribution is -2.32. The fourth-order valence-electron chi connectivity index (χ4n) is 0.981. The molecule has 0 aliphatic carbocycles. The van der Waals surface area contributed by atoms with Crippen LogP contribution in [0.15, 0.2) is 0 Å². The van der Waals surface area contributed by atoms with Gasteiger partial charge in [0.15, 0.2) is 0 Å². The third-order valence-corrected chi connectivity index (χ3v) is 3.67. The van der Waals surface area contributed by atoms with E-state index in [0.29, 0.717) is 12.8 Å². The minimum absolute atomic E-state index is 0.0137. The first-order valence-electron chi connectivity index (χ1n) is 6.47. The van der Waals surface area contributed by atoms with Gasteiger partial charge < -0.3 is 0 Å². The van der Waals surface area contributed by atoms with Gasteiger partial charge in [-0.15, -0.1) is 0 Å². The monoisotopic (exact) mass is 324 g/mol. The van der Waals surface area contributed by atoms with Crippen LogP contribution in [0.4, 0.5) is 17.6 Å².